The summed E-state index contributed by atoms with van der Waals surface area (Å²) in [6, 6.07) is 6.58. The lowest BCUT2D eigenvalue weighted by Gasteiger charge is -2.44. The molecule has 6 N–H and O–H groups in total. The second-order valence-corrected chi connectivity index (χ2v) is 13.5. The van der Waals surface area contributed by atoms with Crippen LogP contribution in [0, 0.1) is 18.3 Å². The fourth-order valence-electron chi connectivity index (χ4n) is 5.66. The lowest BCUT2D eigenvalue weighted by atomic mass is 9.73. The molecular formula is C26H37N7O4S2. The van der Waals surface area contributed by atoms with Gasteiger partial charge in [0.15, 0.2) is 0 Å². The van der Waals surface area contributed by atoms with E-state index in [9.17, 15) is 18.0 Å². The number of carbonyl (C=O) groups excluding carboxylic acids is 2. The van der Waals surface area contributed by atoms with Crippen LogP contribution >= 0.6 is 11.3 Å². The van der Waals surface area contributed by atoms with Crippen LogP contribution in [0.1, 0.15) is 69.5 Å². The van der Waals surface area contributed by atoms with Crippen molar-refractivity contribution in [2.75, 3.05) is 23.7 Å². The minimum Gasteiger partial charge on any atom is -0.384 e. The first-order chi connectivity index (χ1) is 18.5. The maximum Gasteiger partial charge on any atom is 0.319 e. The van der Waals surface area contributed by atoms with Crippen molar-refractivity contribution in [3.05, 3.63) is 35.5 Å². The van der Waals surface area contributed by atoms with Crippen molar-refractivity contribution in [3.63, 3.8) is 0 Å². The number of rotatable bonds is 7. The molecule has 0 atom stereocenters. The van der Waals surface area contributed by atoms with Crippen LogP contribution in [0.3, 0.4) is 0 Å². The number of anilines is 2. The number of sulfonamides is 1. The zero-order chi connectivity index (χ0) is 28.2. The molecule has 39 heavy (non-hydrogen) atoms. The van der Waals surface area contributed by atoms with Crippen LogP contribution in [0.15, 0.2) is 28.6 Å². The Bertz CT molecular complexity index is 1330. The highest BCUT2D eigenvalue weighted by molar-refractivity contribution is 7.91. The number of thiazole rings is 1. The molecule has 1 aromatic carbocycles. The number of benzene rings is 1. The molecule has 0 spiro atoms. The summed E-state index contributed by atoms with van der Waals surface area (Å²) in [4.78, 5) is 28.9. The van der Waals surface area contributed by atoms with Gasteiger partial charge >= 0.3 is 6.03 Å². The van der Waals surface area contributed by atoms with E-state index in [2.05, 4.69) is 20.9 Å². The molecular weight excluding hydrogens is 538 g/mol. The first-order valence-corrected chi connectivity index (χ1v) is 15.5. The second-order valence-electron chi connectivity index (χ2n) is 10.4. The fraction of sp³-hybridized carbons (Fsp3) is 0.538. The Labute approximate surface area is 233 Å². The standard InChI is InChI=1S/C26H37N7O4S2/c1-17-23(30-18(2)34)38-25(29-17)39(36,37)33-14-10-20(11-15-33)26(12-5-3-4-6-13-26)32-24(35)31-21-9-7-8-19(16-21)22(27)28/h7-9,16,20H,3-6,10-15H2,1-2H3,(H3,27,28)(H,30,34)(H2,31,32,35). The first kappa shape index (κ1) is 29.0. The van der Waals surface area contributed by atoms with Crippen molar-refractivity contribution in [2.24, 2.45) is 11.7 Å². The van der Waals surface area contributed by atoms with E-state index < -0.39 is 15.6 Å². The molecule has 2 fully saturated rings. The topological polar surface area (TPSA) is 170 Å². The molecule has 0 bridgehead atoms. The van der Waals surface area contributed by atoms with Crippen LogP contribution in [0.5, 0.6) is 0 Å². The summed E-state index contributed by atoms with van der Waals surface area (Å²) in [5.74, 6) is -0.215. The molecule has 4 rings (SSSR count). The van der Waals surface area contributed by atoms with Crippen LogP contribution in [0.2, 0.25) is 0 Å². The number of hydrogen-bond donors (Lipinski definition) is 5. The highest BCUT2D eigenvalue weighted by Crippen LogP contribution is 2.40. The number of nitrogen functional groups attached to an aromatic ring is 1. The van der Waals surface area contributed by atoms with Crippen LogP contribution in [-0.2, 0) is 14.8 Å². The molecule has 13 heteroatoms. The maximum atomic E-state index is 13.4. The van der Waals surface area contributed by atoms with Crippen molar-refractivity contribution < 1.29 is 18.0 Å². The molecule has 3 amide bonds. The number of amidine groups is 1. The number of urea groups is 1. The average molecular weight is 576 g/mol. The lowest BCUT2D eigenvalue weighted by Crippen LogP contribution is -2.57. The largest absolute Gasteiger partial charge is 0.384 e. The molecule has 1 saturated heterocycles. The van der Waals surface area contributed by atoms with Crippen molar-refractivity contribution in [1.82, 2.24) is 14.6 Å². The molecule has 1 aliphatic heterocycles. The zero-order valence-electron chi connectivity index (χ0n) is 22.4. The lowest BCUT2D eigenvalue weighted by molar-refractivity contribution is -0.114. The van der Waals surface area contributed by atoms with Crippen molar-refractivity contribution in [2.45, 2.75) is 75.1 Å². The summed E-state index contributed by atoms with van der Waals surface area (Å²) in [5.41, 5.74) is 6.74. The van der Waals surface area contributed by atoms with E-state index in [-0.39, 0.29) is 28.0 Å². The van der Waals surface area contributed by atoms with Gasteiger partial charge in [0.1, 0.15) is 10.8 Å². The number of amides is 3. The molecule has 1 aromatic heterocycles. The number of piperidine rings is 1. The molecule has 1 saturated carbocycles. The van der Waals surface area contributed by atoms with Gasteiger partial charge in [0.2, 0.25) is 10.2 Å². The molecule has 0 radical (unpaired) electrons. The van der Waals surface area contributed by atoms with E-state index in [1.807, 2.05) is 0 Å². The molecule has 2 heterocycles. The Morgan fingerprint density at radius 1 is 1.13 bits per heavy atom. The quantitative estimate of drug-likeness (QED) is 0.190. The maximum absolute atomic E-state index is 13.4. The van der Waals surface area contributed by atoms with Gasteiger partial charge in [-0.15, -0.1) is 0 Å². The minimum atomic E-state index is -3.79. The van der Waals surface area contributed by atoms with Crippen molar-refractivity contribution in [3.8, 4) is 0 Å². The predicted molar refractivity (Wildman–Crippen MR) is 153 cm³/mol. The highest BCUT2D eigenvalue weighted by Gasteiger charge is 2.43. The Kier molecular flexibility index (Phi) is 8.92. The molecule has 0 unspecified atom stereocenters. The van der Waals surface area contributed by atoms with E-state index >= 15 is 0 Å². The zero-order valence-corrected chi connectivity index (χ0v) is 24.0. The predicted octanol–water partition coefficient (Wildman–Crippen LogP) is 4.01. The van der Waals surface area contributed by atoms with Gasteiger partial charge in [0.25, 0.3) is 10.0 Å². The Hall–Kier alpha value is -3.03. The van der Waals surface area contributed by atoms with Gasteiger partial charge in [0, 0.05) is 36.8 Å². The molecule has 11 nitrogen and oxygen atoms in total. The molecule has 212 valence electrons. The third-order valence-corrected chi connectivity index (χ3v) is 11.0. The van der Waals surface area contributed by atoms with E-state index in [0.717, 1.165) is 49.9 Å². The van der Waals surface area contributed by atoms with E-state index in [1.54, 1.807) is 31.2 Å². The number of nitrogens with zero attached hydrogens (tertiary/aromatic N) is 2. The summed E-state index contributed by atoms with van der Waals surface area (Å²) < 4.78 is 28.2. The summed E-state index contributed by atoms with van der Waals surface area (Å²) >= 11 is 0.972. The highest BCUT2D eigenvalue weighted by atomic mass is 32.2. The van der Waals surface area contributed by atoms with Gasteiger partial charge in [0.05, 0.1) is 5.69 Å². The number of nitrogens with two attached hydrogens (primary N) is 1. The summed E-state index contributed by atoms with van der Waals surface area (Å²) in [6.07, 6.45) is 7.17. The second kappa shape index (κ2) is 12.0. The Balaban J connectivity index is 1.47. The van der Waals surface area contributed by atoms with Gasteiger partial charge in [-0.25, -0.2) is 18.2 Å². The minimum absolute atomic E-state index is 0.0170. The molecule has 1 aliphatic carbocycles. The summed E-state index contributed by atoms with van der Waals surface area (Å²) in [5, 5.41) is 16.9. The van der Waals surface area contributed by atoms with Crippen molar-refractivity contribution in [1.29, 1.82) is 5.41 Å². The third kappa shape index (κ3) is 6.76. The molecule has 2 aliphatic rings. The number of aryl methyl sites for hydroxylation is 1. The number of carbonyl (C=O) groups is 2. The Morgan fingerprint density at radius 3 is 2.41 bits per heavy atom. The number of aromatic nitrogens is 1. The van der Waals surface area contributed by atoms with E-state index in [4.69, 9.17) is 11.1 Å². The smallest absolute Gasteiger partial charge is 0.319 e. The van der Waals surface area contributed by atoms with Crippen molar-refractivity contribution >= 4 is 49.8 Å². The third-order valence-electron chi connectivity index (χ3n) is 7.65. The normalized spacial score (nSPS) is 18.6. The van der Waals surface area contributed by atoms with Crippen LogP contribution in [0.4, 0.5) is 15.5 Å². The first-order valence-electron chi connectivity index (χ1n) is 13.3. The SMILES string of the molecule is CC(=O)Nc1sc(S(=O)(=O)N2CCC(C3(NC(=O)Nc4cccc(C(=N)N)c4)CCCCCC3)CC2)nc1C. The van der Waals surface area contributed by atoms with Gasteiger partial charge < -0.3 is 21.7 Å². The van der Waals surface area contributed by atoms with E-state index in [1.165, 1.54) is 11.2 Å². The van der Waals surface area contributed by atoms with Crippen LogP contribution in [-0.4, -0.2) is 54.1 Å². The number of hydrogen-bond acceptors (Lipinski definition) is 7. The summed E-state index contributed by atoms with van der Waals surface area (Å²) in [6.45, 7) is 3.73. The van der Waals surface area contributed by atoms with Crippen LogP contribution in [0.25, 0.3) is 0 Å². The monoisotopic (exact) mass is 575 g/mol. The number of nitrogens with one attached hydrogen (secondary N) is 4. The van der Waals surface area contributed by atoms with Gasteiger partial charge in [-0.3, -0.25) is 10.2 Å². The fourth-order valence-corrected chi connectivity index (χ4v) is 8.56. The van der Waals surface area contributed by atoms with Crippen LogP contribution < -0.4 is 21.7 Å². The average Bonchev–Trinajstić information content (AvgIpc) is 3.10. The van der Waals surface area contributed by atoms with E-state index in [0.29, 0.717) is 47.9 Å². The summed E-state index contributed by atoms with van der Waals surface area (Å²) in [7, 11) is -3.79. The molecule has 2 aromatic rings. The Morgan fingerprint density at radius 2 is 1.79 bits per heavy atom. The van der Waals surface area contributed by atoms with Gasteiger partial charge in [-0.05, 0) is 50.7 Å². The van der Waals surface area contributed by atoms with Gasteiger partial charge in [-0.2, -0.15) is 4.31 Å². The van der Waals surface area contributed by atoms with Gasteiger partial charge in [-0.1, -0.05) is 49.2 Å².